The zero-order chi connectivity index (χ0) is 25.4. The minimum absolute atomic E-state index is 0.130. The number of rotatable bonds is 7. The van der Waals surface area contributed by atoms with E-state index in [2.05, 4.69) is 42.2 Å². The summed E-state index contributed by atoms with van der Waals surface area (Å²) in [6, 6.07) is 21.2. The molecule has 184 valence electrons. The molecule has 8 nitrogen and oxygen atoms in total. The highest BCUT2D eigenvalue weighted by molar-refractivity contribution is 9.10. The van der Waals surface area contributed by atoms with Gasteiger partial charge in [0.1, 0.15) is 11.4 Å². The van der Waals surface area contributed by atoms with Crippen LogP contribution < -0.4 is 10.3 Å². The van der Waals surface area contributed by atoms with Crippen LogP contribution in [0.15, 0.2) is 93.5 Å². The maximum absolute atomic E-state index is 12.7. The lowest BCUT2D eigenvalue weighted by atomic mass is 10.1. The Kier molecular flexibility index (Phi) is 6.27. The number of aromatic nitrogens is 6. The van der Waals surface area contributed by atoms with Crippen molar-refractivity contribution in [1.29, 1.82) is 0 Å². The molecule has 0 amide bonds. The lowest BCUT2D eigenvalue weighted by molar-refractivity contribution is 0.340. The van der Waals surface area contributed by atoms with Gasteiger partial charge in [-0.3, -0.25) is 13.8 Å². The first-order chi connectivity index (χ1) is 18.1. The Morgan fingerprint density at radius 2 is 1.89 bits per heavy atom. The quantitative estimate of drug-likeness (QED) is 0.240. The van der Waals surface area contributed by atoms with Crippen LogP contribution in [0.3, 0.4) is 0 Å². The van der Waals surface area contributed by atoms with Crippen molar-refractivity contribution in [2.24, 2.45) is 0 Å². The maximum atomic E-state index is 12.7. The molecule has 0 saturated carbocycles. The molecule has 1 N–H and O–H groups in total. The minimum Gasteiger partial charge on any atom is -0.494 e. The Hall–Kier alpha value is -3.89. The van der Waals surface area contributed by atoms with Crippen LogP contribution in [0.25, 0.3) is 33.6 Å². The summed E-state index contributed by atoms with van der Waals surface area (Å²) in [5.41, 5.74) is 4.03. The fourth-order valence-corrected chi connectivity index (χ4v) is 5.41. The number of halogens is 1. The molecule has 0 spiro atoms. The van der Waals surface area contributed by atoms with Gasteiger partial charge in [-0.15, -0.1) is 10.2 Å². The zero-order valence-electron chi connectivity index (χ0n) is 19.8. The van der Waals surface area contributed by atoms with Crippen LogP contribution in [0.5, 0.6) is 5.75 Å². The van der Waals surface area contributed by atoms with E-state index in [4.69, 9.17) is 4.74 Å². The molecule has 6 aromatic rings. The summed E-state index contributed by atoms with van der Waals surface area (Å²) in [6.45, 7) is 2.56. The van der Waals surface area contributed by atoms with Crippen LogP contribution in [0.4, 0.5) is 0 Å². The van der Waals surface area contributed by atoms with Crippen molar-refractivity contribution in [2.75, 3.05) is 6.61 Å². The molecule has 0 fully saturated rings. The second-order valence-electron chi connectivity index (χ2n) is 8.27. The van der Waals surface area contributed by atoms with Gasteiger partial charge < -0.3 is 9.72 Å². The second-order valence-corrected chi connectivity index (χ2v) is 10.1. The van der Waals surface area contributed by atoms with Crippen LogP contribution in [0.1, 0.15) is 12.6 Å². The van der Waals surface area contributed by atoms with Crippen molar-refractivity contribution < 1.29 is 4.74 Å². The highest BCUT2D eigenvalue weighted by atomic mass is 79.9. The van der Waals surface area contributed by atoms with Gasteiger partial charge in [-0.1, -0.05) is 30.0 Å². The van der Waals surface area contributed by atoms with E-state index in [9.17, 15) is 4.79 Å². The number of hydrogen-bond acceptors (Lipinski definition) is 6. The van der Waals surface area contributed by atoms with Gasteiger partial charge in [-0.05, 0) is 65.3 Å². The Morgan fingerprint density at radius 1 is 1.05 bits per heavy atom. The maximum Gasteiger partial charge on any atom is 0.258 e. The molecule has 0 radical (unpaired) electrons. The summed E-state index contributed by atoms with van der Waals surface area (Å²) in [5.74, 6) is 1.99. The summed E-state index contributed by atoms with van der Waals surface area (Å²) >= 11 is 4.88. The molecular formula is C27H21BrN6O2S. The first kappa shape index (κ1) is 23.5. The van der Waals surface area contributed by atoms with Crippen molar-refractivity contribution in [3.8, 4) is 22.8 Å². The molecule has 10 heteroatoms. The average Bonchev–Trinajstić information content (AvgIpc) is 3.53. The van der Waals surface area contributed by atoms with E-state index in [1.165, 1.54) is 16.2 Å². The number of nitrogens with zero attached hydrogens (tertiary/aromatic N) is 5. The number of thioether (sulfide) groups is 1. The third-order valence-electron chi connectivity index (χ3n) is 5.90. The smallest absolute Gasteiger partial charge is 0.258 e. The summed E-state index contributed by atoms with van der Waals surface area (Å²) in [7, 11) is 0. The predicted octanol–water partition coefficient (Wildman–Crippen LogP) is 5.88. The molecule has 0 saturated heterocycles. The molecule has 0 unspecified atom stereocenters. The van der Waals surface area contributed by atoms with E-state index in [0.717, 1.165) is 38.2 Å². The number of nitrogens with one attached hydrogen (secondary N) is 1. The number of aromatic amines is 1. The first-order valence-electron chi connectivity index (χ1n) is 11.7. The van der Waals surface area contributed by atoms with Gasteiger partial charge in [0.25, 0.3) is 5.56 Å². The Morgan fingerprint density at radius 3 is 2.73 bits per heavy atom. The van der Waals surface area contributed by atoms with Crippen molar-refractivity contribution in [2.45, 2.75) is 17.8 Å². The largest absolute Gasteiger partial charge is 0.494 e. The molecule has 2 aromatic carbocycles. The van der Waals surface area contributed by atoms with Gasteiger partial charge in [0.2, 0.25) is 0 Å². The monoisotopic (exact) mass is 572 g/mol. The topological polar surface area (TPSA) is 90.1 Å². The van der Waals surface area contributed by atoms with Gasteiger partial charge in [0.05, 0.1) is 12.3 Å². The summed E-state index contributed by atoms with van der Waals surface area (Å²) in [4.78, 5) is 20.7. The Balaban J connectivity index is 1.40. The summed E-state index contributed by atoms with van der Waals surface area (Å²) in [6.07, 6.45) is 3.68. The highest BCUT2D eigenvalue weighted by Crippen LogP contribution is 2.33. The molecule has 0 bridgehead atoms. The normalized spacial score (nSPS) is 11.4. The minimum atomic E-state index is -0.130. The Bertz CT molecular complexity index is 1790. The van der Waals surface area contributed by atoms with Crippen molar-refractivity contribution in [3.05, 3.63) is 99.6 Å². The summed E-state index contributed by atoms with van der Waals surface area (Å²) < 4.78 is 10.0. The van der Waals surface area contributed by atoms with Crippen LogP contribution in [0, 0.1) is 0 Å². The van der Waals surface area contributed by atoms with E-state index < -0.39 is 0 Å². The molecule has 6 rings (SSSR count). The summed E-state index contributed by atoms with van der Waals surface area (Å²) in [5, 5.41) is 10.9. The Labute approximate surface area is 224 Å². The van der Waals surface area contributed by atoms with E-state index >= 15 is 0 Å². The SMILES string of the molecule is CCOc1ccc(-n2c(SCc3cc(=O)n4cc(Br)ccc4n3)nnc2-c2c[nH]c3ccccc23)cc1. The third kappa shape index (κ3) is 4.54. The van der Waals surface area contributed by atoms with E-state index in [1.54, 1.807) is 12.3 Å². The lowest BCUT2D eigenvalue weighted by Gasteiger charge is -2.11. The first-order valence-corrected chi connectivity index (χ1v) is 13.4. The molecule has 0 aliphatic carbocycles. The van der Waals surface area contributed by atoms with Gasteiger partial charge in [-0.2, -0.15) is 0 Å². The van der Waals surface area contributed by atoms with E-state index in [-0.39, 0.29) is 5.56 Å². The van der Waals surface area contributed by atoms with Gasteiger partial charge in [0.15, 0.2) is 11.0 Å². The van der Waals surface area contributed by atoms with Crippen LogP contribution in [-0.4, -0.2) is 35.7 Å². The zero-order valence-corrected chi connectivity index (χ0v) is 22.2. The second kappa shape index (κ2) is 9.87. The number of hydrogen-bond donors (Lipinski definition) is 1. The van der Waals surface area contributed by atoms with Crippen LogP contribution >= 0.6 is 27.7 Å². The number of ether oxygens (including phenoxy) is 1. The molecule has 0 atom stereocenters. The van der Waals surface area contributed by atoms with Crippen LogP contribution in [-0.2, 0) is 5.75 Å². The molecule has 37 heavy (non-hydrogen) atoms. The number of fused-ring (bicyclic) bond motifs is 2. The van der Waals surface area contributed by atoms with Crippen molar-refractivity contribution in [1.82, 2.24) is 29.1 Å². The fraction of sp³-hybridized carbons (Fsp3) is 0.111. The number of para-hydroxylation sites is 1. The van der Waals surface area contributed by atoms with Gasteiger partial charge in [-0.25, -0.2) is 4.98 Å². The molecule has 0 aliphatic rings. The average molecular weight is 573 g/mol. The number of pyridine rings is 1. The van der Waals surface area contributed by atoms with Gasteiger partial charge in [0, 0.05) is 50.8 Å². The predicted molar refractivity (Wildman–Crippen MR) is 149 cm³/mol. The standard InChI is InChI=1S/C27H21BrN6O2S/c1-2-36-20-10-8-19(9-11-20)34-26(22-14-29-23-6-4-3-5-21(22)23)31-32-27(34)37-16-18-13-25(35)33-15-17(28)7-12-24(33)30-18/h3-15,29H,2,16H2,1H3. The third-order valence-corrected chi connectivity index (χ3v) is 7.33. The molecular weight excluding hydrogens is 552 g/mol. The van der Waals surface area contributed by atoms with E-state index in [0.29, 0.717) is 28.9 Å². The molecule has 4 aromatic heterocycles. The van der Waals surface area contributed by atoms with Crippen LogP contribution in [0.2, 0.25) is 0 Å². The molecule has 4 heterocycles. The molecule has 0 aliphatic heterocycles. The highest BCUT2D eigenvalue weighted by Gasteiger charge is 2.19. The number of benzene rings is 2. The van der Waals surface area contributed by atoms with Gasteiger partial charge >= 0.3 is 0 Å². The fourth-order valence-electron chi connectivity index (χ4n) is 4.22. The number of H-pyrrole nitrogens is 1. The van der Waals surface area contributed by atoms with Crippen molar-refractivity contribution >= 4 is 44.2 Å². The van der Waals surface area contributed by atoms with Crippen molar-refractivity contribution in [3.63, 3.8) is 0 Å². The van der Waals surface area contributed by atoms with E-state index in [1.807, 2.05) is 72.3 Å². The lowest BCUT2D eigenvalue weighted by Crippen LogP contribution is -2.15.